The number of primary amides is 1. The Hall–Kier alpha value is -1.92. The van der Waals surface area contributed by atoms with E-state index in [-0.39, 0.29) is 0 Å². The molecular formula is C21H22BrN3OS. The van der Waals surface area contributed by atoms with E-state index in [2.05, 4.69) is 38.6 Å². The average molecular weight is 444 g/mol. The Morgan fingerprint density at radius 3 is 2.37 bits per heavy atom. The lowest BCUT2D eigenvalue weighted by Gasteiger charge is -2.19. The van der Waals surface area contributed by atoms with E-state index in [0.717, 1.165) is 22.2 Å². The van der Waals surface area contributed by atoms with Crippen molar-refractivity contribution in [1.29, 1.82) is 0 Å². The summed E-state index contributed by atoms with van der Waals surface area (Å²) in [6.45, 7) is 4.14. The molecule has 140 valence electrons. The van der Waals surface area contributed by atoms with E-state index in [1.54, 1.807) is 6.07 Å². The van der Waals surface area contributed by atoms with Gasteiger partial charge in [0.05, 0.1) is 5.56 Å². The van der Waals surface area contributed by atoms with Crippen LogP contribution in [0.4, 0.5) is 5.69 Å². The molecule has 2 aromatic rings. The van der Waals surface area contributed by atoms with Gasteiger partial charge in [0.25, 0.3) is 0 Å². The minimum Gasteiger partial charge on any atom is -0.366 e. The first kappa shape index (κ1) is 18.4. The molecule has 6 heteroatoms. The molecule has 0 spiro atoms. The third-order valence-electron chi connectivity index (χ3n) is 5.24. The second kappa shape index (κ2) is 7.60. The van der Waals surface area contributed by atoms with Crippen molar-refractivity contribution < 1.29 is 4.79 Å². The van der Waals surface area contributed by atoms with Crippen molar-refractivity contribution in [1.82, 2.24) is 4.72 Å². The molecule has 4 rings (SSSR count). The number of nitrogens with two attached hydrogens (primary N) is 1. The maximum atomic E-state index is 11.7. The van der Waals surface area contributed by atoms with Crippen LogP contribution in [0.2, 0.25) is 0 Å². The second-order valence-corrected chi connectivity index (χ2v) is 8.81. The molecule has 0 aliphatic heterocycles. The highest BCUT2D eigenvalue weighted by Crippen LogP contribution is 2.39. The van der Waals surface area contributed by atoms with Crippen LogP contribution in [0.1, 0.15) is 45.5 Å². The van der Waals surface area contributed by atoms with Gasteiger partial charge in [-0.1, -0.05) is 28.6 Å². The zero-order valence-electron chi connectivity index (χ0n) is 15.0. The predicted octanol–water partition coefficient (Wildman–Crippen LogP) is 4.71. The van der Waals surface area contributed by atoms with Crippen LogP contribution in [0.15, 0.2) is 46.0 Å². The van der Waals surface area contributed by atoms with Gasteiger partial charge >= 0.3 is 0 Å². The lowest BCUT2D eigenvalue weighted by atomic mass is 9.99. The van der Waals surface area contributed by atoms with Gasteiger partial charge in [-0.2, -0.15) is 0 Å². The normalized spacial score (nSPS) is 14.6. The van der Waals surface area contributed by atoms with E-state index in [0.29, 0.717) is 11.4 Å². The largest absolute Gasteiger partial charge is 0.366 e. The summed E-state index contributed by atoms with van der Waals surface area (Å²) in [7, 11) is 0. The van der Waals surface area contributed by atoms with Crippen LogP contribution >= 0.6 is 27.9 Å². The van der Waals surface area contributed by atoms with Crippen molar-refractivity contribution in [3.63, 3.8) is 0 Å². The fraction of sp³-hybridized carbons (Fsp3) is 0.286. The fourth-order valence-electron chi connectivity index (χ4n) is 4.04. The quantitative estimate of drug-likeness (QED) is 0.565. The Balaban J connectivity index is 1.52. The number of rotatable bonds is 6. The lowest BCUT2D eigenvalue weighted by Crippen LogP contribution is -2.16. The standard InChI is InChI=1S/C21H22BrN3OS/c1-12(25-27-19-11-15(22)8-9-18(19)21(23)26)24-20-16-6-2-4-13(16)10-14-5-3-7-17(14)20/h8-11,24-25H,1-7H2,(H2,23,26). The summed E-state index contributed by atoms with van der Waals surface area (Å²) in [6.07, 6.45) is 7.05. The fourth-order valence-corrected chi connectivity index (χ4v) is 5.31. The molecule has 2 aromatic carbocycles. The van der Waals surface area contributed by atoms with E-state index in [9.17, 15) is 4.79 Å². The smallest absolute Gasteiger partial charge is 0.249 e. The number of carbonyl (C=O) groups excluding carboxylic acids is 1. The number of benzene rings is 2. The molecule has 0 bridgehead atoms. The molecule has 27 heavy (non-hydrogen) atoms. The highest BCUT2D eigenvalue weighted by Gasteiger charge is 2.24. The van der Waals surface area contributed by atoms with Gasteiger partial charge in [0.1, 0.15) is 5.82 Å². The Morgan fingerprint density at radius 2 is 1.74 bits per heavy atom. The lowest BCUT2D eigenvalue weighted by molar-refractivity contribution is 0.0997. The van der Waals surface area contributed by atoms with Gasteiger partial charge in [-0.15, -0.1) is 0 Å². The van der Waals surface area contributed by atoms with Crippen molar-refractivity contribution in [2.45, 2.75) is 43.4 Å². The third-order valence-corrected chi connectivity index (χ3v) is 6.64. The summed E-state index contributed by atoms with van der Waals surface area (Å²) in [5, 5.41) is 3.52. The molecule has 0 fully saturated rings. The van der Waals surface area contributed by atoms with Crippen molar-refractivity contribution >= 4 is 39.5 Å². The zero-order chi connectivity index (χ0) is 19.0. The molecule has 0 heterocycles. The first-order valence-electron chi connectivity index (χ1n) is 9.17. The number of halogens is 1. The minimum atomic E-state index is -0.441. The van der Waals surface area contributed by atoms with Crippen LogP contribution in [0.5, 0.6) is 0 Å². The molecule has 0 saturated heterocycles. The van der Waals surface area contributed by atoms with Gasteiger partial charge in [-0.25, -0.2) is 0 Å². The monoisotopic (exact) mass is 443 g/mol. The highest BCUT2D eigenvalue weighted by molar-refractivity contribution is 9.10. The van der Waals surface area contributed by atoms with E-state index < -0.39 is 5.91 Å². The maximum absolute atomic E-state index is 11.7. The molecule has 0 atom stereocenters. The van der Waals surface area contributed by atoms with Crippen LogP contribution in [0, 0.1) is 0 Å². The van der Waals surface area contributed by atoms with Gasteiger partial charge in [0.15, 0.2) is 0 Å². The summed E-state index contributed by atoms with van der Waals surface area (Å²) < 4.78 is 4.13. The Bertz CT molecular complexity index is 909. The number of hydrogen-bond acceptors (Lipinski definition) is 4. The number of fused-ring (bicyclic) bond motifs is 2. The van der Waals surface area contributed by atoms with Gasteiger partial charge < -0.3 is 15.8 Å². The van der Waals surface area contributed by atoms with Gasteiger partial charge in [-0.3, -0.25) is 4.79 Å². The van der Waals surface area contributed by atoms with E-state index in [1.807, 2.05) is 12.1 Å². The van der Waals surface area contributed by atoms with Crippen molar-refractivity contribution in [3.8, 4) is 0 Å². The minimum absolute atomic E-state index is 0.441. The van der Waals surface area contributed by atoms with Gasteiger partial charge in [-0.05, 0) is 90.9 Å². The molecular weight excluding hydrogens is 422 g/mol. The van der Waals surface area contributed by atoms with E-state index >= 15 is 0 Å². The summed E-state index contributed by atoms with van der Waals surface area (Å²) in [5.74, 6) is 0.272. The number of carbonyl (C=O) groups is 1. The SMILES string of the molecule is C=C(NSc1cc(Br)ccc1C(N)=O)Nc1c2c(cc3c1CCC3)CCC2. The molecule has 0 radical (unpaired) electrons. The van der Waals surface area contributed by atoms with Gasteiger partial charge in [0.2, 0.25) is 5.91 Å². The molecule has 4 N–H and O–H groups in total. The number of amides is 1. The summed E-state index contributed by atoms with van der Waals surface area (Å²) in [4.78, 5) is 12.4. The molecule has 4 nitrogen and oxygen atoms in total. The van der Waals surface area contributed by atoms with Crippen molar-refractivity contribution in [3.05, 3.63) is 69.0 Å². The summed E-state index contributed by atoms with van der Waals surface area (Å²) >= 11 is 4.78. The molecule has 0 saturated carbocycles. The maximum Gasteiger partial charge on any atom is 0.249 e. The van der Waals surface area contributed by atoms with Crippen LogP contribution in [-0.2, 0) is 25.7 Å². The number of aryl methyl sites for hydroxylation is 2. The zero-order valence-corrected chi connectivity index (χ0v) is 17.4. The first-order chi connectivity index (χ1) is 13.0. The summed E-state index contributed by atoms with van der Waals surface area (Å²) in [5.41, 5.74) is 13.1. The number of anilines is 1. The first-order valence-corrected chi connectivity index (χ1v) is 10.8. The molecule has 2 aliphatic carbocycles. The third kappa shape index (κ3) is 3.73. The predicted molar refractivity (Wildman–Crippen MR) is 115 cm³/mol. The summed E-state index contributed by atoms with van der Waals surface area (Å²) in [6, 6.07) is 7.84. The number of nitrogens with one attached hydrogen (secondary N) is 2. The van der Waals surface area contributed by atoms with Crippen molar-refractivity contribution in [2.75, 3.05) is 5.32 Å². The Labute approximate surface area is 172 Å². The van der Waals surface area contributed by atoms with E-state index in [4.69, 9.17) is 5.73 Å². The molecule has 2 aliphatic rings. The second-order valence-electron chi connectivity index (χ2n) is 7.05. The van der Waals surface area contributed by atoms with Crippen LogP contribution in [0.25, 0.3) is 0 Å². The molecule has 0 aromatic heterocycles. The van der Waals surface area contributed by atoms with Crippen molar-refractivity contribution in [2.24, 2.45) is 5.73 Å². The van der Waals surface area contributed by atoms with Crippen LogP contribution in [0.3, 0.4) is 0 Å². The Kier molecular flexibility index (Phi) is 5.19. The topological polar surface area (TPSA) is 67.1 Å². The van der Waals surface area contributed by atoms with Crippen LogP contribution < -0.4 is 15.8 Å². The Morgan fingerprint density at radius 1 is 1.07 bits per heavy atom. The number of hydrogen-bond donors (Lipinski definition) is 3. The molecule has 1 amide bonds. The van der Waals surface area contributed by atoms with Crippen LogP contribution in [-0.4, -0.2) is 5.91 Å². The van der Waals surface area contributed by atoms with Gasteiger partial charge in [0, 0.05) is 15.1 Å². The molecule has 0 unspecified atom stereocenters. The van der Waals surface area contributed by atoms with E-state index in [1.165, 1.54) is 65.6 Å². The highest BCUT2D eigenvalue weighted by atomic mass is 79.9. The average Bonchev–Trinajstić information content (AvgIpc) is 3.28.